The van der Waals surface area contributed by atoms with E-state index in [2.05, 4.69) is 24.4 Å². The molecule has 0 fully saturated rings. The zero-order valence-corrected chi connectivity index (χ0v) is 17.2. The third kappa shape index (κ3) is 5.13. The Bertz CT molecular complexity index is 827. The predicted octanol–water partition coefficient (Wildman–Crippen LogP) is 4.48. The van der Waals surface area contributed by atoms with Gasteiger partial charge in [-0.15, -0.1) is 11.3 Å². The maximum Gasteiger partial charge on any atom is 0.251 e. The second kappa shape index (κ2) is 9.73. The summed E-state index contributed by atoms with van der Waals surface area (Å²) >= 11 is 1.50. The Labute approximate surface area is 170 Å². The van der Waals surface area contributed by atoms with Crippen LogP contribution in [0.25, 0.3) is 0 Å². The molecule has 1 aliphatic carbocycles. The molecule has 0 atom stereocenters. The largest absolute Gasteiger partial charge is 0.494 e. The first-order valence-electron chi connectivity index (χ1n) is 10.0. The van der Waals surface area contributed by atoms with Crippen molar-refractivity contribution in [1.29, 1.82) is 0 Å². The molecule has 0 radical (unpaired) electrons. The van der Waals surface area contributed by atoms with Gasteiger partial charge >= 0.3 is 0 Å². The van der Waals surface area contributed by atoms with Gasteiger partial charge < -0.3 is 15.8 Å². The highest BCUT2D eigenvalue weighted by Crippen LogP contribution is 2.37. The Morgan fingerprint density at radius 3 is 2.64 bits per heavy atom. The van der Waals surface area contributed by atoms with Crippen molar-refractivity contribution in [2.75, 3.05) is 11.9 Å². The van der Waals surface area contributed by atoms with E-state index < -0.39 is 5.91 Å². The van der Waals surface area contributed by atoms with E-state index in [9.17, 15) is 9.59 Å². The smallest absolute Gasteiger partial charge is 0.251 e. The first-order chi connectivity index (χ1) is 13.6. The molecule has 0 bridgehead atoms. The van der Waals surface area contributed by atoms with E-state index in [-0.39, 0.29) is 5.91 Å². The molecule has 6 heteroatoms. The van der Waals surface area contributed by atoms with Crippen molar-refractivity contribution in [2.24, 2.45) is 5.73 Å². The Balaban J connectivity index is 1.48. The molecular formula is C22H28N2O3S. The number of hydrogen-bond acceptors (Lipinski definition) is 4. The van der Waals surface area contributed by atoms with Crippen molar-refractivity contribution in [3.05, 3.63) is 45.8 Å². The minimum Gasteiger partial charge on any atom is -0.494 e. The molecule has 150 valence electrons. The van der Waals surface area contributed by atoms with Crippen LogP contribution in [-0.2, 0) is 24.1 Å². The van der Waals surface area contributed by atoms with Gasteiger partial charge in [0.15, 0.2) is 0 Å². The van der Waals surface area contributed by atoms with Gasteiger partial charge in [-0.05, 0) is 61.8 Å². The zero-order chi connectivity index (χ0) is 19.9. The number of nitrogens with one attached hydrogen (secondary N) is 1. The SMILES string of the molecule is CCCc1ccc(OCCCC(=O)Nc2sc3c(c2C(N)=O)CCCC3)cc1. The zero-order valence-electron chi connectivity index (χ0n) is 16.4. The van der Waals surface area contributed by atoms with Crippen molar-refractivity contribution in [2.45, 2.75) is 58.3 Å². The summed E-state index contributed by atoms with van der Waals surface area (Å²) in [5, 5.41) is 3.50. The number of hydrogen-bond donors (Lipinski definition) is 2. The lowest BCUT2D eigenvalue weighted by molar-refractivity contribution is -0.116. The number of anilines is 1. The maximum atomic E-state index is 12.3. The van der Waals surface area contributed by atoms with Gasteiger partial charge in [0.05, 0.1) is 12.2 Å². The molecule has 3 N–H and O–H groups in total. The number of aryl methyl sites for hydroxylation is 2. The molecule has 28 heavy (non-hydrogen) atoms. The normalized spacial score (nSPS) is 13.0. The molecule has 3 rings (SSSR count). The molecule has 0 saturated carbocycles. The van der Waals surface area contributed by atoms with Crippen LogP contribution >= 0.6 is 11.3 Å². The van der Waals surface area contributed by atoms with Crippen molar-refractivity contribution < 1.29 is 14.3 Å². The highest BCUT2D eigenvalue weighted by atomic mass is 32.1. The highest BCUT2D eigenvalue weighted by Gasteiger charge is 2.24. The summed E-state index contributed by atoms with van der Waals surface area (Å²) in [6.07, 6.45) is 7.16. The standard InChI is InChI=1S/C22H28N2O3S/c1-2-6-15-10-12-16(13-11-15)27-14-5-9-19(25)24-22-20(21(23)26)17-7-3-4-8-18(17)28-22/h10-13H,2-9,14H2,1H3,(H2,23,26)(H,24,25). The van der Waals surface area contributed by atoms with Gasteiger partial charge in [-0.2, -0.15) is 0 Å². The Morgan fingerprint density at radius 2 is 1.93 bits per heavy atom. The number of fused-ring (bicyclic) bond motifs is 1. The van der Waals surface area contributed by atoms with Crippen LogP contribution in [0.5, 0.6) is 5.75 Å². The van der Waals surface area contributed by atoms with E-state index >= 15 is 0 Å². The fourth-order valence-electron chi connectivity index (χ4n) is 3.57. The molecule has 2 amide bonds. The lowest BCUT2D eigenvalue weighted by Crippen LogP contribution is -2.18. The second-order valence-corrected chi connectivity index (χ2v) is 8.28. The fourth-order valence-corrected chi connectivity index (χ4v) is 4.88. The van der Waals surface area contributed by atoms with Gasteiger partial charge in [0.25, 0.3) is 5.91 Å². The predicted molar refractivity (Wildman–Crippen MR) is 113 cm³/mol. The maximum absolute atomic E-state index is 12.3. The molecule has 1 heterocycles. The van der Waals surface area contributed by atoms with E-state index in [4.69, 9.17) is 10.5 Å². The van der Waals surface area contributed by atoms with Gasteiger partial charge in [0.2, 0.25) is 5.91 Å². The Morgan fingerprint density at radius 1 is 1.18 bits per heavy atom. The van der Waals surface area contributed by atoms with E-state index in [1.807, 2.05) is 12.1 Å². The second-order valence-electron chi connectivity index (χ2n) is 7.17. The molecule has 0 saturated heterocycles. The monoisotopic (exact) mass is 400 g/mol. The number of carbonyl (C=O) groups is 2. The van der Waals surface area contributed by atoms with Crippen molar-refractivity contribution in [1.82, 2.24) is 0 Å². The Kier molecular flexibility index (Phi) is 7.09. The third-order valence-corrected chi connectivity index (χ3v) is 6.16. The summed E-state index contributed by atoms with van der Waals surface area (Å²) < 4.78 is 5.72. The topological polar surface area (TPSA) is 81.4 Å². The van der Waals surface area contributed by atoms with E-state index in [1.54, 1.807) is 0 Å². The van der Waals surface area contributed by atoms with Crippen LogP contribution in [0.4, 0.5) is 5.00 Å². The molecule has 2 aromatic rings. The third-order valence-electron chi connectivity index (χ3n) is 4.95. The van der Waals surface area contributed by atoms with E-state index in [1.165, 1.54) is 21.8 Å². The van der Waals surface area contributed by atoms with Gasteiger partial charge in [-0.25, -0.2) is 0 Å². The molecule has 1 aromatic carbocycles. The van der Waals surface area contributed by atoms with E-state index in [0.29, 0.717) is 30.0 Å². The molecule has 5 nitrogen and oxygen atoms in total. The van der Waals surface area contributed by atoms with Crippen LogP contribution in [0.15, 0.2) is 24.3 Å². The van der Waals surface area contributed by atoms with Crippen LogP contribution in [0.2, 0.25) is 0 Å². The molecule has 0 aliphatic heterocycles. The lowest BCUT2D eigenvalue weighted by Gasteiger charge is -2.11. The highest BCUT2D eigenvalue weighted by molar-refractivity contribution is 7.17. The fraction of sp³-hybridized carbons (Fsp3) is 0.455. The quantitative estimate of drug-likeness (QED) is 0.609. The van der Waals surface area contributed by atoms with Gasteiger partial charge in [0.1, 0.15) is 10.8 Å². The van der Waals surface area contributed by atoms with Crippen LogP contribution in [-0.4, -0.2) is 18.4 Å². The number of thiophene rings is 1. The van der Waals surface area contributed by atoms with Crippen LogP contribution < -0.4 is 15.8 Å². The van der Waals surface area contributed by atoms with Crippen LogP contribution in [0.3, 0.4) is 0 Å². The van der Waals surface area contributed by atoms with Crippen molar-refractivity contribution in [3.8, 4) is 5.75 Å². The number of ether oxygens (including phenoxy) is 1. The number of nitrogens with two attached hydrogens (primary N) is 1. The summed E-state index contributed by atoms with van der Waals surface area (Å²) in [5.74, 6) is 0.259. The molecule has 1 aliphatic rings. The van der Waals surface area contributed by atoms with Gasteiger partial charge in [0, 0.05) is 11.3 Å². The molecular weight excluding hydrogens is 372 g/mol. The summed E-state index contributed by atoms with van der Waals surface area (Å²) in [7, 11) is 0. The summed E-state index contributed by atoms with van der Waals surface area (Å²) in [4.78, 5) is 25.4. The van der Waals surface area contributed by atoms with Crippen molar-refractivity contribution >= 4 is 28.2 Å². The summed E-state index contributed by atoms with van der Waals surface area (Å²) in [6.45, 7) is 2.64. The number of benzene rings is 1. The number of carbonyl (C=O) groups excluding carboxylic acids is 2. The minimum atomic E-state index is -0.454. The average Bonchev–Trinajstić information content (AvgIpc) is 3.04. The average molecular weight is 401 g/mol. The first kappa shape index (κ1) is 20.4. The Hall–Kier alpha value is -2.34. The number of amides is 2. The van der Waals surface area contributed by atoms with Crippen LogP contribution in [0, 0.1) is 0 Å². The number of primary amides is 1. The van der Waals surface area contributed by atoms with Crippen molar-refractivity contribution in [3.63, 3.8) is 0 Å². The molecule has 0 unspecified atom stereocenters. The summed E-state index contributed by atoms with van der Waals surface area (Å²) in [6, 6.07) is 8.10. The first-order valence-corrected chi connectivity index (χ1v) is 10.9. The molecule has 1 aromatic heterocycles. The lowest BCUT2D eigenvalue weighted by atomic mass is 9.95. The minimum absolute atomic E-state index is 0.108. The van der Waals surface area contributed by atoms with E-state index in [0.717, 1.165) is 49.8 Å². The summed E-state index contributed by atoms with van der Waals surface area (Å²) in [5.41, 5.74) is 8.42. The van der Waals surface area contributed by atoms with Gasteiger partial charge in [-0.3, -0.25) is 9.59 Å². The van der Waals surface area contributed by atoms with Gasteiger partial charge in [-0.1, -0.05) is 25.5 Å². The number of rotatable bonds is 9. The van der Waals surface area contributed by atoms with Crippen LogP contribution in [0.1, 0.15) is 65.4 Å². The molecule has 0 spiro atoms.